The number of hydrogen-bond acceptors (Lipinski definition) is 1. The molecule has 0 amide bonds. The van der Waals surface area contributed by atoms with Crippen molar-refractivity contribution < 1.29 is 0 Å². The predicted molar refractivity (Wildman–Crippen MR) is 259 cm³/mol. The minimum absolute atomic E-state index is 1.08. The van der Waals surface area contributed by atoms with Gasteiger partial charge in [0.1, 0.15) is 0 Å². The second-order valence-corrected chi connectivity index (χ2v) is 15.3. The highest BCUT2D eigenvalue weighted by molar-refractivity contribution is 5.99. The third kappa shape index (κ3) is 7.81. The standard InChI is InChI=1S/C60H43N/c1-5-16-44(17-6-1)46-28-30-47(31-29-46)49-34-40-54(41-35-49)61(53-38-32-48(33-39-53)45-18-7-2-8-19-45)55-42-36-52(37-43-55)58-27-15-26-57(51-22-11-4-12-23-51)60(58)59-25-14-13-24-56(59)50-20-9-3-10-21-50/h1-43H. The van der Waals surface area contributed by atoms with Gasteiger partial charge in [-0.1, -0.05) is 224 Å². The van der Waals surface area contributed by atoms with Crippen molar-refractivity contribution in [2.45, 2.75) is 0 Å². The van der Waals surface area contributed by atoms with Crippen LogP contribution in [0.2, 0.25) is 0 Å². The molecular weight excluding hydrogens is 735 g/mol. The van der Waals surface area contributed by atoms with Crippen LogP contribution in [0.1, 0.15) is 0 Å². The van der Waals surface area contributed by atoms with Gasteiger partial charge in [-0.3, -0.25) is 0 Å². The minimum Gasteiger partial charge on any atom is -0.311 e. The Kier molecular flexibility index (Phi) is 10.4. The summed E-state index contributed by atoms with van der Waals surface area (Å²) < 4.78 is 0. The predicted octanol–water partition coefficient (Wildman–Crippen LogP) is 16.8. The quantitative estimate of drug-likeness (QED) is 0.134. The zero-order valence-electron chi connectivity index (χ0n) is 33.8. The molecule has 0 aliphatic heterocycles. The lowest BCUT2D eigenvalue weighted by molar-refractivity contribution is 1.28. The Labute approximate surface area is 359 Å². The van der Waals surface area contributed by atoms with E-state index in [1.807, 2.05) is 0 Å². The molecule has 10 rings (SSSR count). The van der Waals surface area contributed by atoms with Crippen LogP contribution in [-0.4, -0.2) is 0 Å². The first-order chi connectivity index (χ1) is 30.3. The van der Waals surface area contributed by atoms with Crippen LogP contribution in [0, 0.1) is 0 Å². The highest BCUT2D eigenvalue weighted by atomic mass is 15.1. The van der Waals surface area contributed by atoms with Crippen LogP contribution in [0.5, 0.6) is 0 Å². The Morgan fingerprint density at radius 1 is 0.164 bits per heavy atom. The summed E-state index contributed by atoms with van der Waals surface area (Å²) in [5.41, 5.74) is 20.1. The fourth-order valence-corrected chi connectivity index (χ4v) is 8.47. The van der Waals surface area contributed by atoms with Gasteiger partial charge in [-0.05, 0) is 114 Å². The van der Waals surface area contributed by atoms with Gasteiger partial charge in [0.25, 0.3) is 0 Å². The van der Waals surface area contributed by atoms with Crippen molar-refractivity contribution in [3.05, 3.63) is 261 Å². The summed E-state index contributed by atoms with van der Waals surface area (Å²) >= 11 is 0. The molecule has 0 aliphatic carbocycles. The zero-order valence-corrected chi connectivity index (χ0v) is 33.8. The van der Waals surface area contributed by atoms with Crippen molar-refractivity contribution >= 4 is 17.1 Å². The van der Waals surface area contributed by atoms with Crippen LogP contribution in [0.3, 0.4) is 0 Å². The number of benzene rings is 10. The third-order valence-corrected chi connectivity index (χ3v) is 11.6. The molecule has 0 heterocycles. The summed E-state index contributed by atoms with van der Waals surface area (Å²) in [6, 6.07) is 93.9. The van der Waals surface area contributed by atoms with Crippen LogP contribution < -0.4 is 4.90 Å². The molecule has 0 aromatic heterocycles. The Hall–Kier alpha value is -8.00. The number of rotatable bonds is 10. The van der Waals surface area contributed by atoms with Crippen molar-refractivity contribution in [1.82, 2.24) is 0 Å². The summed E-state index contributed by atoms with van der Waals surface area (Å²) in [5.74, 6) is 0. The van der Waals surface area contributed by atoms with Crippen LogP contribution in [-0.2, 0) is 0 Å². The minimum atomic E-state index is 1.08. The normalized spacial score (nSPS) is 11.0. The first-order valence-corrected chi connectivity index (χ1v) is 20.9. The molecule has 1 heteroatoms. The van der Waals surface area contributed by atoms with Crippen LogP contribution in [0.25, 0.3) is 77.9 Å². The lowest BCUT2D eigenvalue weighted by Crippen LogP contribution is -2.09. The number of nitrogens with zero attached hydrogens (tertiary/aromatic N) is 1. The smallest absolute Gasteiger partial charge is 0.0462 e. The Balaban J connectivity index is 1.05. The molecule has 0 fully saturated rings. The van der Waals surface area contributed by atoms with Gasteiger partial charge in [-0.2, -0.15) is 0 Å². The lowest BCUT2D eigenvalue weighted by atomic mass is 9.84. The molecule has 0 aliphatic rings. The summed E-state index contributed by atoms with van der Waals surface area (Å²) in [5, 5.41) is 0. The van der Waals surface area contributed by atoms with Crippen molar-refractivity contribution in [3.63, 3.8) is 0 Å². The first kappa shape index (κ1) is 37.3. The Morgan fingerprint density at radius 2 is 0.410 bits per heavy atom. The molecule has 10 aromatic carbocycles. The van der Waals surface area contributed by atoms with Gasteiger partial charge in [-0.15, -0.1) is 0 Å². The van der Waals surface area contributed by atoms with Gasteiger partial charge in [0.2, 0.25) is 0 Å². The maximum absolute atomic E-state index is 2.35. The topological polar surface area (TPSA) is 3.24 Å². The summed E-state index contributed by atoms with van der Waals surface area (Å²) in [6.07, 6.45) is 0. The van der Waals surface area contributed by atoms with E-state index in [1.54, 1.807) is 0 Å². The van der Waals surface area contributed by atoms with Gasteiger partial charge < -0.3 is 4.90 Å². The summed E-state index contributed by atoms with van der Waals surface area (Å²) in [4.78, 5) is 2.35. The monoisotopic (exact) mass is 777 g/mol. The van der Waals surface area contributed by atoms with Gasteiger partial charge in [0.15, 0.2) is 0 Å². The largest absolute Gasteiger partial charge is 0.311 e. The fourth-order valence-electron chi connectivity index (χ4n) is 8.47. The van der Waals surface area contributed by atoms with E-state index in [2.05, 4.69) is 266 Å². The maximum atomic E-state index is 2.35. The summed E-state index contributed by atoms with van der Waals surface area (Å²) in [7, 11) is 0. The molecule has 0 radical (unpaired) electrons. The van der Waals surface area contributed by atoms with Gasteiger partial charge in [0.05, 0.1) is 0 Å². The second-order valence-electron chi connectivity index (χ2n) is 15.3. The van der Waals surface area contributed by atoms with E-state index in [9.17, 15) is 0 Å². The molecular formula is C60H43N. The molecule has 1 nitrogen and oxygen atoms in total. The SMILES string of the molecule is c1ccc(-c2ccc(-c3ccc(N(c4ccc(-c5ccccc5)cc4)c4ccc(-c5cccc(-c6ccccc6)c5-c5ccccc5-c5ccccc5)cc4)cc3)cc2)cc1. The van der Waals surface area contributed by atoms with Gasteiger partial charge in [-0.25, -0.2) is 0 Å². The van der Waals surface area contributed by atoms with E-state index in [0.717, 1.165) is 22.6 Å². The Bertz CT molecular complexity index is 2990. The molecule has 0 saturated heterocycles. The van der Waals surface area contributed by atoms with E-state index >= 15 is 0 Å². The van der Waals surface area contributed by atoms with E-state index in [1.165, 1.54) is 72.3 Å². The van der Waals surface area contributed by atoms with Gasteiger partial charge >= 0.3 is 0 Å². The molecule has 0 bridgehead atoms. The molecule has 288 valence electrons. The molecule has 0 unspecified atom stereocenters. The van der Waals surface area contributed by atoms with E-state index in [0.29, 0.717) is 0 Å². The van der Waals surface area contributed by atoms with E-state index in [4.69, 9.17) is 0 Å². The molecule has 0 atom stereocenters. The van der Waals surface area contributed by atoms with Crippen LogP contribution in [0.4, 0.5) is 17.1 Å². The molecule has 10 aromatic rings. The molecule has 0 saturated carbocycles. The van der Waals surface area contributed by atoms with Crippen molar-refractivity contribution in [3.8, 4) is 77.9 Å². The molecule has 61 heavy (non-hydrogen) atoms. The lowest BCUT2D eigenvalue weighted by Gasteiger charge is -2.26. The fraction of sp³-hybridized carbons (Fsp3) is 0. The van der Waals surface area contributed by atoms with Gasteiger partial charge in [0, 0.05) is 17.1 Å². The third-order valence-electron chi connectivity index (χ3n) is 11.6. The number of hydrogen-bond donors (Lipinski definition) is 0. The van der Waals surface area contributed by atoms with Crippen molar-refractivity contribution in [2.24, 2.45) is 0 Å². The van der Waals surface area contributed by atoms with Crippen LogP contribution in [0.15, 0.2) is 261 Å². The highest BCUT2D eigenvalue weighted by Gasteiger charge is 2.19. The van der Waals surface area contributed by atoms with E-state index < -0.39 is 0 Å². The highest BCUT2D eigenvalue weighted by Crippen LogP contribution is 2.45. The maximum Gasteiger partial charge on any atom is 0.0462 e. The molecule has 0 spiro atoms. The Morgan fingerprint density at radius 3 is 0.803 bits per heavy atom. The average molecular weight is 778 g/mol. The molecule has 0 N–H and O–H groups in total. The average Bonchev–Trinajstić information content (AvgIpc) is 3.36. The van der Waals surface area contributed by atoms with E-state index in [-0.39, 0.29) is 0 Å². The van der Waals surface area contributed by atoms with Crippen molar-refractivity contribution in [2.75, 3.05) is 4.90 Å². The summed E-state index contributed by atoms with van der Waals surface area (Å²) in [6.45, 7) is 0. The van der Waals surface area contributed by atoms with Crippen molar-refractivity contribution in [1.29, 1.82) is 0 Å². The van der Waals surface area contributed by atoms with Crippen LogP contribution >= 0.6 is 0 Å². The number of anilines is 3. The first-order valence-electron chi connectivity index (χ1n) is 20.9. The zero-order chi connectivity index (χ0) is 40.8. The second kappa shape index (κ2) is 17.1.